The van der Waals surface area contributed by atoms with Crippen molar-refractivity contribution in [3.63, 3.8) is 0 Å². The number of nitrogens with zero attached hydrogens (tertiary/aromatic N) is 2. The second-order valence-electron chi connectivity index (χ2n) is 6.79. The Balaban J connectivity index is 2.17. The Morgan fingerprint density at radius 3 is 2.56 bits per heavy atom. The molecule has 0 radical (unpaired) electrons. The molecule has 0 spiro atoms. The summed E-state index contributed by atoms with van der Waals surface area (Å²) in [5.41, 5.74) is 1.74. The topological polar surface area (TPSA) is 56.1 Å². The van der Waals surface area contributed by atoms with Crippen molar-refractivity contribution < 1.29 is 18.0 Å². The minimum atomic E-state index is -4.59. The number of carbonyl (C=O) groups is 1. The van der Waals surface area contributed by atoms with Crippen LogP contribution in [0.2, 0.25) is 0 Å². The summed E-state index contributed by atoms with van der Waals surface area (Å²) in [7, 11) is 0. The molecule has 0 aliphatic carbocycles. The smallest absolute Gasteiger partial charge is 0.287 e. The summed E-state index contributed by atoms with van der Waals surface area (Å²) in [5, 5.41) is 11.0. The molecule has 0 unspecified atom stereocenters. The molecule has 0 saturated carbocycles. The van der Waals surface area contributed by atoms with Gasteiger partial charge in [0.1, 0.15) is 0 Å². The Morgan fingerprint density at radius 1 is 1.28 bits per heavy atom. The molecule has 1 saturated heterocycles. The number of halogens is 3. The predicted molar refractivity (Wildman–Crippen MR) is 86.1 cm³/mol. The van der Waals surface area contributed by atoms with Gasteiger partial charge in [-0.1, -0.05) is 24.3 Å². The molecule has 1 heterocycles. The standard InChI is InChI=1S/C18H16F3N3O/c1-17(2)10-24(23-16(17)25)15(18(19,20)21)13-5-3-4-12-7-6-11(9-22)8-14(12)13/h3-8,15H,10H2,1-2H3,(H,23,25)/t15-/m0/s1. The molecule has 1 atom stereocenters. The summed E-state index contributed by atoms with van der Waals surface area (Å²) in [4.78, 5) is 12.0. The zero-order valence-corrected chi connectivity index (χ0v) is 13.7. The molecule has 4 nitrogen and oxygen atoms in total. The van der Waals surface area contributed by atoms with Crippen LogP contribution in [0.1, 0.15) is 31.0 Å². The van der Waals surface area contributed by atoms with E-state index in [9.17, 15) is 18.0 Å². The van der Waals surface area contributed by atoms with Crippen LogP contribution in [0.5, 0.6) is 0 Å². The second-order valence-corrected chi connectivity index (χ2v) is 6.79. The maximum Gasteiger partial charge on any atom is 0.409 e. The van der Waals surface area contributed by atoms with Gasteiger partial charge in [0.05, 0.1) is 17.0 Å². The van der Waals surface area contributed by atoms with E-state index in [0.29, 0.717) is 10.8 Å². The van der Waals surface area contributed by atoms with E-state index in [-0.39, 0.29) is 17.7 Å². The lowest BCUT2D eigenvalue weighted by Crippen LogP contribution is -2.43. The molecule has 1 aliphatic rings. The minimum Gasteiger partial charge on any atom is -0.287 e. The number of rotatable bonds is 2. The number of hydrogen-bond acceptors (Lipinski definition) is 3. The number of fused-ring (bicyclic) bond motifs is 1. The predicted octanol–water partition coefficient (Wildman–Crippen LogP) is 3.69. The molecular formula is C18H16F3N3O. The van der Waals surface area contributed by atoms with E-state index in [2.05, 4.69) is 5.43 Å². The summed E-state index contributed by atoms with van der Waals surface area (Å²) in [6.07, 6.45) is -4.59. The SMILES string of the molecule is CC1(C)CN([C@@H](c2cccc3ccc(C#N)cc23)C(F)(F)F)NC1=O. The van der Waals surface area contributed by atoms with E-state index in [4.69, 9.17) is 5.26 Å². The quantitative estimate of drug-likeness (QED) is 0.901. The zero-order valence-electron chi connectivity index (χ0n) is 13.7. The fourth-order valence-electron chi connectivity index (χ4n) is 3.10. The van der Waals surface area contributed by atoms with Crippen LogP contribution in [0.4, 0.5) is 13.2 Å². The number of hydrazine groups is 1. The van der Waals surface area contributed by atoms with Crippen molar-refractivity contribution in [3.8, 4) is 6.07 Å². The van der Waals surface area contributed by atoms with E-state index in [1.165, 1.54) is 12.1 Å². The van der Waals surface area contributed by atoms with E-state index in [0.717, 1.165) is 5.01 Å². The monoisotopic (exact) mass is 347 g/mol. The Labute approximate surface area is 142 Å². The van der Waals surface area contributed by atoms with Gasteiger partial charge in [-0.05, 0) is 42.3 Å². The third-order valence-corrected chi connectivity index (χ3v) is 4.39. The number of alkyl halides is 3. The first-order chi connectivity index (χ1) is 11.6. The van der Waals surface area contributed by atoms with Crippen LogP contribution in [-0.4, -0.2) is 23.6 Å². The van der Waals surface area contributed by atoms with Gasteiger partial charge in [-0.2, -0.15) is 18.4 Å². The Kier molecular flexibility index (Phi) is 3.96. The van der Waals surface area contributed by atoms with Crippen LogP contribution < -0.4 is 5.43 Å². The number of nitrogens with one attached hydrogen (secondary N) is 1. The van der Waals surface area contributed by atoms with Crippen LogP contribution in [0, 0.1) is 16.7 Å². The molecule has 7 heteroatoms. The molecule has 2 aromatic carbocycles. The number of nitriles is 1. The van der Waals surface area contributed by atoms with E-state index < -0.39 is 23.5 Å². The van der Waals surface area contributed by atoms with Gasteiger partial charge in [0.15, 0.2) is 6.04 Å². The van der Waals surface area contributed by atoms with Gasteiger partial charge >= 0.3 is 6.18 Å². The van der Waals surface area contributed by atoms with Crippen molar-refractivity contribution in [1.82, 2.24) is 10.4 Å². The van der Waals surface area contributed by atoms with Crippen LogP contribution in [0.3, 0.4) is 0 Å². The lowest BCUT2D eigenvalue weighted by Gasteiger charge is -2.30. The van der Waals surface area contributed by atoms with Crippen LogP contribution in [0.25, 0.3) is 10.8 Å². The second kappa shape index (κ2) is 5.74. The fourth-order valence-corrected chi connectivity index (χ4v) is 3.10. The molecule has 1 fully saturated rings. The third kappa shape index (κ3) is 3.05. The lowest BCUT2D eigenvalue weighted by atomic mass is 9.92. The van der Waals surface area contributed by atoms with Crippen molar-refractivity contribution in [3.05, 3.63) is 47.5 Å². The van der Waals surface area contributed by atoms with Gasteiger partial charge in [0.25, 0.3) is 0 Å². The normalized spacial score (nSPS) is 18.8. The average Bonchev–Trinajstić information content (AvgIpc) is 2.78. The first-order valence-corrected chi connectivity index (χ1v) is 7.71. The molecule has 1 amide bonds. The molecule has 1 aliphatic heterocycles. The summed E-state index contributed by atoms with van der Waals surface area (Å²) in [6.45, 7) is 3.14. The van der Waals surface area contributed by atoms with E-state index in [1.807, 2.05) is 6.07 Å². The van der Waals surface area contributed by atoms with E-state index in [1.54, 1.807) is 38.1 Å². The summed E-state index contributed by atoms with van der Waals surface area (Å²) in [6, 6.07) is 9.23. The van der Waals surface area contributed by atoms with Crippen molar-refractivity contribution in [2.45, 2.75) is 26.1 Å². The van der Waals surface area contributed by atoms with Gasteiger partial charge in [0.2, 0.25) is 5.91 Å². The highest BCUT2D eigenvalue weighted by atomic mass is 19.4. The van der Waals surface area contributed by atoms with Crippen LogP contribution >= 0.6 is 0 Å². The molecule has 1 N–H and O–H groups in total. The number of carbonyl (C=O) groups excluding carboxylic acids is 1. The fraction of sp³-hybridized carbons (Fsp3) is 0.333. The van der Waals surface area contributed by atoms with Gasteiger partial charge in [-0.15, -0.1) is 0 Å². The Bertz CT molecular complexity index is 883. The van der Waals surface area contributed by atoms with Crippen molar-refractivity contribution in [1.29, 1.82) is 5.26 Å². The number of amides is 1. The molecule has 3 rings (SSSR count). The number of benzene rings is 2. The molecule has 130 valence electrons. The Morgan fingerprint density at radius 2 is 2.00 bits per heavy atom. The maximum absolute atomic E-state index is 13.9. The largest absolute Gasteiger partial charge is 0.409 e. The third-order valence-electron chi connectivity index (χ3n) is 4.39. The first-order valence-electron chi connectivity index (χ1n) is 7.71. The molecular weight excluding hydrogens is 331 g/mol. The molecule has 0 aromatic heterocycles. The highest BCUT2D eigenvalue weighted by Gasteiger charge is 2.51. The zero-order chi connectivity index (χ0) is 18.4. The highest BCUT2D eigenvalue weighted by molar-refractivity contribution is 5.88. The van der Waals surface area contributed by atoms with E-state index >= 15 is 0 Å². The first kappa shape index (κ1) is 17.2. The maximum atomic E-state index is 13.9. The Hall–Kier alpha value is -2.59. The van der Waals surface area contributed by atoms with Crippen molar-refractivity contribution >= 4 is 16.7 Å². The average molecular weight is 347 g/mol. The number of hydrogen-bond donors (Lipinski definition) is 1. The van der Waals surface area contributed by atoms with Gasteiger partial charge in [-0.25, -0.2) is 5.01 Å². The summed E-state index contributed by atoms with van der Waals surface area (Å²) >= 11 is 0. The van der Waals surface area contributed by atoms with Crippen molar-refractivity contribution in [2.75, 3.05) is 6.54 Å². The van der Waals surface area contributed by atoms with Gasteiger partial charge in [0, 0.05) is 6.54 Å². The minimum absolute atomic E-state index is 0.0140. The van der Waals surface area contributed by atoms with Crippen molar-refractivity contribution in [2.24, 2.45) is 5.41 Å². The van der Waals surface area contributed by atoms with Gasteiger partial charge < -0.3 is 0 Å². The highest BCUT2D eigenvalue weighted by Crippen LogP contribution is 2.42. The van der Waals surface area contributed by atoms with Gasteiger partial charge in [-0.3, -0.25) is 10.2 Å². The summed E-state index contributed by atoms with van der Waals surface area (Å²) < 4.78 is 41.7. The lowest BCUT2D eigenvalue weighted by molar-refractivity contribution is -0.191. The summed E-state index contributed by atoms with van der Waals surface area (Å²) in [5.74, 6) is -0.445. The van der Waals surface area contributed by atoms with Crippen LogP contribution in [-0.2, 0) is 4.79 Å². The van der Waals surface area contributed by atoms with Crippen LogP contribution in [0.15, 0.2) is 36.4 Å². The molecule has 2 aromatic rings. The molecule has 0 bridgehead atoms. The molecule has 25 heavy (non-hydrogen) atoms.